The Labute approximate surface area is 174 Å². The van der Waals surface area contributed by atoms with Crippen molar-refractivity contribution in [1.82, 2.24) is 0 Å². The molecule has 0 spiro atoms. The zero-order valence-corrected chi connectivity index (χ0v) is 17.2. The normalized spacial score (nSPS) is 11.6. The van der Waals surface area contributed by atoms with Crippen molar-refractivity contribution in [2.75, 3.05) is 4.72 Å². The Bertz CT molecular complexity index is 1190. The van der Waals surface area contributed by atoms with E-state index in [1.165, 1.54) is 42.5 Å². The number of halogens is 1. The van der Waals surface area contributed by atoms with Crippen LogP contribution in [0.2, 0.25) is 0 Å². The predicted octanol–water partition coefficient (Wildman–Crippen LogP) is 4.85. The molecule has 0 saturated carbocycles. The number of aryl methyl sites for hydroxylation is 2. The van der Waals surface area contributed by atoms with Gasteiger partial charge in [-0.05, 0) is 97.3 Å². The van der Waals surface area contributed by atoms with Gasteiger partial charge in [0.05, 0.1) is 4.90 Å². The van der Waals surface area contributed by atoms with Crippen LogP contribution in [0.3, 0.4) is 0 Å². The molecule has 0 saturated heterocycles. The highest BCUT2D eigenvalue weighted by Gasteiger charge is 2.14. The van der Waals surface area contributed by atoms with Gasteiger partial charge >= 0.3 is 0 Å². The molecule has 3 aromatic carbocycles. The minimum atomic E-state index is -3.86. The summed E-state index contributed by atoms with van der Waals surface area (Å²) >= 11 is 0. The Kier molecular flexibility index (Phi) is 6.03. The summed E-state index contributed by atoms with van der Waals surface area (Å²) in [4.78, 5) is 12.3. The molecule has 7 heteroatoms. The van der Waals surface area contributed by atoms with Crippen LogP contribution in [-0.4, -0.2) is 19.3 Å². The Morgan fingerprint density at radius 1 is 0.967 bits per heavy atom. The third-order valence-electron chi connectivity index (χ3n) is 4.49. The van der Waals surface area contributed by atoms with Crippen molar-refractivity contribution in [3.8, 4) is 5.75 Å². The number of carbonyl (C=O) groups is 1. The number of sulfonamides is 1. The molecule has 30 heavy (non-hydrogen) atoms. The molecule has 2 N–H and O–H groups in total. The molecule has 0 amide bonds. The van der Waals surface area contributed by atoms with E-state index in [0.29, 0.717) is 5.56 Å². The second kappa shape index (κ2) is 8.51. The number of hydrogen-bond acceptors (Lipinski definition) is 4. The Hall–Kier alpha value is -3.45. The number of ketones is 1. The van der Waals surface area contributed by atoms with Crippen molar-refractivity contribution in [3.63, 3.8) is 0 Å². The number of phenols is 1. The molecule has 0 aliphatic carbocycles. The summed E-state index contributed by atoms with van der Waals surface area (Å²) in [7, 11) is -3.86. The van der Waals surface area contributed by atoms with E-state index in [1.807, 2.05) is 0 Å². The molecule has 154 valence electrons. The van der Waals surface area contributed by atoms with Crippen LogP contribution in [0.25, 0.3) is 6.08 Å². The van der Waals surface area contributed by atoms with Crippen molar-refractivity contribution >= 4 is 27.6 Å². The highest BCUT2D eigenvalue weighted by molar-refractivity contribution is 7.92. The van der Waals surface area contributed by atoms with Gasteiger partial charge in [0.1, 0.15) is 11.6 Å². The van der Waals surface area contributed by atoms with E-state index in [4.69, 9.17) is 0 Å². The van der Waals surface area contributed by atoms with Gasteiger partial charge in [0.15, 0.2) is 5.78 Å². The fourth-order valence-electron chi connectivity index (χ4n) is 2.88. The summed E-state index contributed by atoms with van der Waals surface area (Å²) in [6.45, 7) is 3.57. The summed E-state index contributed by atoms with van der Waals surface area (Å²) in [5, 5.41) is 9.82. The second-order valence-corrected chi connectivity index (χ2v) is 8.52. The average molecular weight is 425 g/mol. The number of nitrogens with one attached hydrogen (secondary N) is 1. The average Bonchev–Trinajstić information content (AvgIpc) is 2.70. The quantitative estimate of drug-likeness (QED) is 0.437. The number of rotatable bonds is 6. The number of hydrogen-bond donors (Lipinski definition) is 2. The van der Waals surface area contributed by atoms with E-state index >= 15 is 0 Å². The van der Waals surface area contributed by atoms with Crippen molar-refractivity contribution in [2.45, 2.75) is 18.7 Å². The van der Waals surface area contributed by atoms with Gasteiger partial charge in [0, 0.05) is 11.3 Å². The van der Waals surface area contributed by atoms with E-state index in [0.717, 1.165) is 28.8 Å². The van der Waals surface area contributed by atoms with Crippen molar-refractivity contribution in [3.05, 3.63) is 94.8 Å². The van der Waals surface area contributed by atoms with Gasteiger partial charge in [0.25, 0.3) is 10.0 Å². The van der Waals surface area contributed by atoms with Crippen LogP contribution in [0.1, 0.15) is 27.0 Å². The first kappa shape index (κ1) is 21.3. The van der Waals surface area contributed by atoms with Crippen LogP contribution >= 0.6 is 0 Å². The van der Waals surface area contributed by atoms with E-state index in [9.17, 15) is 22.7 Å². The maximum Gasteiger partial charge on any atom is 0.261 e. The number of phenolic OH excluding ortho intramolecular Hbond substituents is 1. The molecule has 3 rings (SSSR count). The van der Waals surface area contributed by atoms with Crippen LogP contribution in [0.5, 0.6) is 5.75 Å². The molecule has 3 aromatic rings. The van der Waals surface area contributed by atoms with Gasteiger partial charge in [0.2, 0.25) is 0 Å². The second-order valence-electron chi connectivity index (χ2n) is 6.84. The van der Waals surface area contributed by atoms with Gasteiger partial charge in [-0.1, -0.05) is 6.08 Å². The topological polar surface area (TPSA) is 83.5 Å². The SMILES string of the molecule is Cc1cc(C=CC(=O)c2ccc(NS(=O)(=O)c3ccc(F)cc3)cc2)cc(C)c1O. The lowest BCUT2D eigenvalue weighted by Gasteiger charge is -2.08. The van der Waals surface area contributed by atoms with Gasteiger partial charge in [-0.25, -0.2) is 12.8 Å². The van der Waals surface area contributed by atoms with Crippen LogP contribution < -0.4 is 4.72 Å². The minimum Gasteiger partial charge on any atom is -0.507 e. The summed E-state index contributed by atoms with van der Waals surface area (Å²) in [5.74, 6) is -0.536. The van der Waals surface area contributed by atoms with E-state index in [1.54, 1.807) is 32.1 Å². The maximum absolute atomic E-state index is 13.0. The van der Waals surface area contributed by atoms with Crippen molar-refractivity contribution < 1.29 is 22.7 Å². The maximum atomic E-state index is 13.0. The summed E-state index contributed by atoms with van der Waals surface area (Å²) < 4.78 is 40.1. The number of carbonyl (C=O) groups excluding carboxylic acids is 1. The number of benzene rings is 3. The van der Waals surface area contributed by atoms with E-state index < -0.39 is 15.8 Å². The molecule has 0 bridgehead atoms. The highest BCUT2D eigenvalue weighted by atomic mass is 32.2. The van der Waals surface area contributed by atoms with Crippen LogP contribution in [-0.2, 0) is 10.0 Å². The molecule has 5 nitrogen and oxygen atoms in total. The predicted molar refractivity (Wildman–Crippen MR) is 115 cm³/mol. The van der Waals surface area contributed by atoms with Crippen LogP contribution in [0.15, 0.2) is 71.6 Å². The zero-order valence-electron chi connectivity index (χ0n) is 16.4. The Morgan fingerprint density at radius 2 is 1.53 bits per heavy atom. The largest absolute Gasteiger partial charge is 0.507 e. The van der Waals surface area contributed by atoms with Gasteiger partial charge < -0.3 is 5.11 Å². The third-order valence-corrected chi connectivity index (χ3v) is 5.88. The molecule has 0 aromatic heterocycles. The van der Waals surface area contributed by atoms with Crippen molar-refractivity contribution in [1.29, 1.82) is 0 Å². The molecular weight excluding hydrogens is 405 g/mol. The molecule has 0 aliphatic rings. The standard InChI is InChI=1S/C23H20FNO4S/c1-15-13-17(14-16(2)23(15)27)3-12-22(26)18-4-8-20(9-5-18)25-30(28,29)21-10-6-19(24)7-11-21/h3-14,25,27H,1-2H3. The van der Waals surface area contributed by atoms with Crippen LogP contribution in [0, 0.1) is 19.7 Å². The fourth-order valence-corrected chi connectivity index (χ4v) is 3.94. The Morgan fingerprint density at radius 3 is 2.10 bits per heavy atom. The monoisotopic (exact) mass is 425 g/mol. The summed E-state index contributed by atoms with van der Waals surface area (Å²) in [5.41, 5.74) is 2.91. The lowest BCUT2D eigenvalue weighted by atomic mass is 10.0. The fraction of sp³-hybridized carbons (Fsp3) is 0.0870. The first-order valence-corrected chi connectivity index (χ1v) is 10.5. The molecular formula is C23H20FNO4S. The van der Waals surface area contributed by atoms with Gasteiger partial charge in [-0.15, -0.1) is 0 Å². The first-order chi connectivity index (χ1) is 14.2. The van der Waals surface area contributed by atoms with Crippen molar-refractivity contribution in [2.24, 2.45) is 0 Å². The number of allylic oxidation sites excluding steroid dienone is 1. The summed E-state index contributed by atoms with van der Waals surface area (Å²) in [6, 6.07) is 14.0. The Balaban J connectivity index is 1.72. The first-order valence-electron chi connectivity index (χ1n) is 9.07. The smallest absolute Gasteiger partial charge is 0.261 e. The minimum absolute atomic E-state index is 0.0635. The summed E-state index contributed by atoms with van der Waals surface area (Å²) in [6.07, 6.45) is 3.08. The molecule has 0 fully saturated rings. The lowest BCUT2D eigenvalue weighted by Crippen LogP contribution is -2.13. The molecule has 0 radical (unpaired) electrons. The van der Waals surface area contributed by atoms with E-state index in [2.05, 4.69) is 4.72 Å². The van der Waals surface area contributed by atoms with Crippen LogP contribution in [0.4, 0.5) is 10.1 Å². The third kappa shape index (κ3) is 4.93. The number of aromatic hydroxyl groups is 1. The number of anilines is 1. The molecule has 0 unspecified atom stereocenters. The molecule has 0 heterocycles. The molecule has 0 atom stereocenters. The van der Waals surface area contributed by atoms with Gasteiger partial charge in [-0.3, -0.25) is 9.52 Å². The lowest BCUT2D eigenvalue weighted by molar-refractivity contribution is 0.104. The molecule has 0 aliphatic heterocycles. The van der Waals surface area contributed by atoms with Gasteiger partial charge in [-0.2, -0.15) is 0 Å². The van der Waals surface area contributed by atoms with E-state index in [-0.39, 0.29) is 22.1 Å². The zero-order chi connectivity index (χ0) is 21.9. The highest BCUT2D eigenvalue weighted by Crippen LogP contribution is 2.24.